The summed E-state index contributed by atoms with van der Waals surface area (Å²) >= 11 is 12.1. The molecule has 1 aromatic carbocycles. The van der Waals surface area contributed by atoms with Crippen molar-refractivity contribution in [3.05, 3.63) is 52.3 Å². The Labute approximate surface area is 185 Å². The van der Waals surface area contributed by atoms with E-state index in [9.17, 15) is 4.79 Å². The number of rotatable bonds is 9. The monoisotopic (exact) mass is 451 g/mol. The van der Waals surface area contributed by atoms with E-state index in [2.05, 4.69) is 25.7 Å². The predicted molar refractivity (Wildman–Crippen MR) is 117 cm³/mol. The second-order valence-electron chi connectivity index (χ2n) is 6.48. The van der Waals surface area contributed by atoms with E-state index in [0.29, 0.717) is 33.7 Å². The molecule has 10 heteroatoms. The fourth-order valence-electron chi connectivity index (χ4n) is 2.76. The first-order valence-electron chi connectivity index (χ1n) is 9.49. The second-order valence-corrected chi connectivity index (χ2v) is 7.30. The Hall–Kier alpha value is -2.23. The lowest BCUT2D eigenvalue weighted by Crippen LogP contribution is -2.38. The molecule has 0 unspecified atom stereocenters. The molecule has 2 aromatic rings. The number of ether oxygens (including phenoxy) is 2. The third kappa shape index (κ3) is 7.23. The Morgan fingerprint density at radius 1 is 1.27 bits per heavy atom. The van der Waals surface area contributed by atoms with Crippen molar-refractivity contribution in [2.24, 2.45) is 4.99 Å². The van der Waals surface area contributed by atoms with Crippen LogP contribution in [0.2, 0.25) is 10.0 Å². The number of nitrogens with zero attached hydrogens (tertiary/aromatic N) is 3. The lowest BCUT2D eigenvalue weighted by atomic mass is 10.3. The van der Waals surface area contributed by atoms with E-state index in [1.165, 1.54) is 18.6 Å². The van der Waals surface area contributed by atoms with E-state index in [4.69, 9.17) is 32.7 Å². The number of hydrazine groups is 1. The highest BCUT2D eigenvalue weighted by Gasteiger charge is 2.10. The van der Waals surface area contributed by atoms with Gasteiger partial charge in [0, 0.05) is 50.2 Å². The van der Waals surface area contributed by atoms with Crippen LogP contribution >= 0.6 is 23.2 Å². The summed E-state index contributed by atoms with van der Waals surface area (Å²) in [6, 6.07) is 7.28. The van der Waals surface area contributed by atoms with Crippen LogP contribution in [0.15, 0.2) is 41.7 Å². The van der Waals surface area contributed by atoms with Crippen LogP contribution < -0.4 is 15.6 Å². The zero-order chi connectivity index (χ0) is 21.2. The number of benzene rings is 1. The number of hydrogen-bond acceptors (Lipinski definition) is 7. The van der Waals surface area contributed by atoms with Crippen LogP contribution in [0.5, 0.6) is 5.75 Å². The minimum absolute atomic E-state index is 0.256. The fourth-order valence-corrected chi connectivity index (χ4v) is 3.26. The normalized spacial score (nSPS) is 14.7. The van der Waals surface area contributed by atoms with Crippen molar-refractivity contribution < 1.29 is 14.3 Å². The van der Waals surface area contributed by atoms with Gasteiger partial charge in [-0.25, -0.2) is 5.43 Å². The molecule has 0 spiro atoms. The molecule has 0 bridgehead atoms. The van der Waals surface area contributed by atoms with Crippen LogP contribution in [0.3, 0.4) is 0 Å². The third-order valence-corrected chi connectivity index (χ3v) is 5.01. The summed E-state index contributed by atoms with van der Waals surface area (Å²) in [7, 11) is 0. The van der Waals surface area contributed by atoms with Gasteiger partial charge in [0.2, 0.25) is 0 Å². The van der Waals surface area contributed by atoms with Gasteiger partial charge < -0.3 is 9.47 Å². The quantitative estimate of drug-likeness (QED) is 0.449. The number of amides is 1. The van der Waals surface area contributed by atoms with Crippen LogP contribution in [0.25, 0.3) is 0 Å². The topological polar surface area (TPSA) is 88.1 Å². The summed E-state index contributed by atoms with van der Waals surface area (Å²) < 4.78 is 11.1. The number of morpholine rings is 1. The van der Waals surface area contributed by atoms with Gasteiger partial charge in [-0.2, -0.15) is 0 Å². The molecule has 1 fully saturated rings. The van der Waals surface area contributed by atoms with Crippen LogP contribution in [0.1, 0.15) is 5.56 Å². The van der Waals surface area contributed by atoms with Gasteiger partial charge in [-0.1, -0.05) is 29.3 Å². The first-order chi connectivity index (χ1) is 14.6. The molecule has 30 heavy (non-hydrogen) atoms. The van der Waals surface area contributed by atoms with Crippen molar-refractivity contribution in [2.75, 3.05) is 39.5 Å². The van der Waals surface area contributed by atoms with E-state index >= 15 is 0 Å². The molecule has 1 saturated heterocycles. The van der Waals surface area contributed by atoms with Crippen molar-refractivity contribution in [2.45, 2.75) is 6.54 Å². The first kappa shape index (κ1) is 22.5. The zero-order valence-corrected chi connectivity index (χ0v) is 17.8. The first-order valence-corrected chi connectivity index (χ1v) is 10.2. The van der Waals surface area contributed by atoms with Gasteiger partial charge in [0.05, 0.1) is 35.2 Å². The molecule has 1 aromatic heterocycles. The number of halogens is 2. The number of hydrogen-bond donors (Lipinski definition) is 2. The Morgan fingerprint density at radius 2 is 2.03 bits per heavy atom. The maximum absolute atomic E-state index is 12.0. The highest BCUT2D eigenvalue weighted by atomic mass is 35.5. The van der Waals surface area contributed by atoms with Gasteiger partial charge in [-0.3, -0.25) is 25.1 Å². The molecular weight excluding hydrogens is 429 g/mol. The molecule has 0 radical (unpaired) electrons. The highest BCUT2D eigenvalue weighted by Crippen LogP contribution is 2.22. The largest absolute Gasteiger partial charge is 0.492 e. The van der Waals surface area contributed by atoms with E-state index in [0.717, 1.165) is 32.8 Å². The molecule has 2 N–H and O–H groups in total. The number of carbonyl (C=O) groups excluding carboxylic acids is 1. The van der Waals surface area contributed by atoms with Crippen LogP contribution in [0.4, 0.5) is 5.69 Å². The fraction of sp³-hybridized carbons (Fsp3) is 0.350. The lowest BCUT2D eigenvalue weighted by molar-refractivity contribution is -0.115. The SMILES string of the molecule is O=C(C=Nc1cccc(OCCN2CCOCC2)c1)NNCc1c(Cl)cncc1Cl. The minimum atomic E-state index is -0.407. The van der Waals surface area contributed by atoms with E-state index in [-0.39, 0.29) is 6.54 Å². The third-order valence-electron chi connectivity index (χ3n) is 4.36. The minimum Gasteiger partial charge on any atom is -0.492 e. The number of carbonyl (C=O) groups is 1. The molecule has 160 valence electrons. The van der Waals surface area contributed by atoms with E-state index in [1.807, 2.05) is 12.1 Å². The number of aromatic nitrogens is 1. The molecular formula is C20H23Cl2N5O3. The molecule has 2 heterocycles. The van der Waals surface area contributed by atoms with Crippen LogP contribution in [-0.2, 0) is 16.1 Å². The molecule has 0 saturated carbocycles. The molecule has 0 aliphatic carbocycles. The zero-order valence-electron chi connectivity index (χ0n) is 16.3. The van der Waals surface area contributed by atoms with E-state index in [1.54, 1.807) is 12.1 Å². The van der Waals surface area contributed by atoms with Gasteiger partial charge >= 0.3 is 0 Å². The van der Waals surface area contributed by atoms with Gasteiger partial charge in [0.1, 0.15) is 12.4 Å². The van der Waals surface area contributed by atoms with Crippen molar-refractivity contribution in [1.82, 2.24) is 20.7 Å². The van der Waals surface area contributed by atoms with Gasteiger partial charge in [-0.15, -0.1) is 0 Å². The maximum Gasteiger partial charge on any atom is 0.276 e. The van der Waals surface area contributed by atoms with Crippen LogP contribution in [-0.4, -0.2) is 61.5 Å². The Balaban J connectivity index is 1.42. The summed E-state index contributed by atoms with van der Waals surface area (Å²) in [6.07, 6.45) is 4.17. The average Bonchev–Trinajstić information content (AvgIpc) is 2.75. The summed E-state index contributed by atoms with van der Waals surface area (Å²) in [5, 5.41) is 0.840. The van der Waals surface area contributed by atoms with Crippen molar-refractivity contribution in [1.29, 1.82) is 0 Å². The van der Waals surface area contributed by atoms with Crippen molar-refractivity contribution >= 4 is 41.0 Å². The maximum atomic E-state index is 12.0. The molecule has 0 atom stereocenters. The summed E-state index contributed by atoms with van der Waals surface area (Å²) in [5.74, 6) is 0.299. The van der Waals surface area contributed by atoms with Crippen molar-refractivity contribution in [3.8, 4) is 5.75 Å². The Kier molecular flexibility index (Phi) is 8.85. The van der Waals surface area contributed by atoms with Crippen molar-refractivity contribution in [3.63, 3.8) is 0 Å². The number of aliphatic imine (C=N–C) groups is 1. The number of nitrogens with one attached hydrogen (secondary N) is 2. The molecule has 1 amide bonds. The second kappa shape index (κ2) is 11.8. The van der Waals surface area contributed by atoms with Gasteiger partial charge in [0.25, 0.3) is 5.91 Å². The van der Waals surface area contributed by atoms with Gasteiger partial charge in [0.15, 0.2) is 0 Å². The van der Waals surface area contributed by atoms with Crippen LogP contribution in [0, 0.1) is 0 Å². The Morgan fingerprint density at radius 3 is 2.80 bits per heavy atom. The highest BCUT2D eigenvalue weighted by molar-refractivity contribution is 6.35. The predicted octanol–water partition coefficient (Wildman–Crippen LogP) is 2.62. The van der Waals surface area contributed by atoms with E-state index < -0.39 is 5.91 Å². The average molecular weight is 452 g/mol. The summed E-state index contributed by atoms with van der Waals surface area (Å²) in [4.78, 5) is 22.3. The summed E-state index contributed by atoms with van der Waals surface area (Å²) in [6.45, 7) is 5.07. The molecule has 8 nitrogen and oxygen atoms in total. The summed E-state index contributed by atoms with van der Waals surface area (Å²) in [5.41, 5.74) is 6.55. The van der Waals surface area contributed by atoms with Gasteiger partial charge in [-0.05, 0) is 12.1 Å². The lowest BCUT2D eigenvalue weighted by Gasteiger charge is -2.26. The molecule has 1 aliphatic heterocycles. The Bertz CT molecular complexity index is 855. The standard InChI is InChI=1S/C20H23Cl2N5O3/c21-18-12-23-13-19(22)17(18)11-25-26-20(28)14-24-15-2-1-3-16(10-15)30-9-6-27-4-7-29-8-5-27/h1-3,10,12-14,25H,4-9,11H2,(H,26,28). The smallest absolute Gasteiger partial charge is 0.276 e. The molecule has 3 rings (SSSR count). The number of pyridine rings is 1. The molecule has 1 aliphatic rings.